The van der Waals surface area contributed by atoms with Crippen LogP contribution in [0, 0.1) is 5.41 Å². The average Bonchev–Trinajstić information content (AvgIpc) is 2.50. The molecule has 1 aromatic carbocycles. The molecule has 1 aromatic rings. The third kappa shape index (κ3) is 4.21. The molecule has 1 aliphatic rings. The Morgan fingerprint density at radius 3 is 2.95 bits per heavy atom. The molecule has 1 amide bonds. The summed E-state index contributed by atoms with van der Waals surface area (Å²) in [6, 6.07) is 8.03. The molecule has 0 saturated carbocycles. The lowest BCUT2D eigenvalue weighted by atomic mass is 9.86. The van der Waals surface area contributed by atoms with Crippen molar-refractivity contribution in [1.29, 1.82) is 0 Å². The predicted molar refractivity (Wildman–Crippen MR) is 85.4 cm³/mol. The summed E-state index contributed by atoms with van der Waals surface area (Å²) in [4.78, 5) is 12.5. The van der Waals surface area contributed by atoms with Gasteiger partial charge in [-0.3, -0.25) is 4.79 Å². The highest BCUT2D eigenvalue weighted by Gasteiger charge is 2.27. The third-order valence-corrected chi connectivity index (χ3v) is 4.15. The number of rotatable bonds is 6. The van der Waals surface area contributed by atoms with Crippen LogP contribution < -0.4 is 10.6 Å². The second-order valence-corrected chi connectivity index (χ2v) is 6.56. The summed E-state index contributed by atoms with van der Waals surface area (Å²) in [5.41, 5.74) is 2.18. The molecule has 0 radical (unpaired) electrons. The number of aliphatic hydroxyl groups is 1. The molecule has 21 heavy (non-hydrogen) atoms. The molecule has 1 aliphatic heterocycles. The molecule has 0 bridgehead atoms. The minimum absolute atomic E-state index is 0.0187. The van der Waals surface area contributed by atoms with Crippen LogP contribution in [-0.4, -0.2) is 30.7 Å². The lowest BCUT2D eigenvalue weighted by molar-refractivity contribution is -0.123. The maximum atomic E-state index is 12.5. The third-order valence-electron chi connectivity index (χ3n) is 4.15. The topological polar surface area (TPSA) is 61.4 Å². The number of nitrogens with one attached hydrogen (secondary N) is 2. The van der Waals surface area contributed by atoms with Gasteiger partial charge in [0, 0.05) is 25.4 Å². The zero-order valence-electron chi connectivity index (χ0n) is 13.0. The summed E-state index contributed by atoms with van der Waals surface area (Å²) in [6.45, 7) is 5.94. The van der Waals surface area contributed by atoms with Gasteiger partial charge in [-0.15, -0.1) is 0 Å². The van der Waals surface area contributed by atoms with Gasteiger partial charge < -0.3 is 15.7 Å². The van der Waals surface area contributed by atoms with E-state index in [9.17, 15) is 4.79 Å². The van der Waals surface area contributed by atoms with E-state index in [0.29, 0.717) is 6.54 Å². The molecule has 116 valence electrons. The second-order valence-electron chi connectivity index (χ2n) is 6.56. The number of anilines is 1. The highest BCUT2D eigenvalue weighted by atomic mass is 16.2. The highest BCUT2D eigenvalue weighted by Crippen LogP contribution is 2.31. The number of hydrogen-bond donors (Lipinski definition) is 3. The fraction of sp³-hybridized carbons (Fsp3) is 0.588. The van der Waals surface area contributed by atoms with Crippen molar-refractivity contribution in [1.82, 2.24) is 5.32 Å². The molecule has 1 heterocycles. The highest BCUT2D eigenvalue weighted by molar-refractivity contribution is 5.86. The molecule has 2 rings (SSSR count). The fourth-order valence-electron chi connectivity index (χ4n) is 2.84. The lowest BCUT2D eigenvalue weighted by Crippen LogP contribution is -2.38. The Morgan fingerprint density at radius 1 is 1.43 bits per heavy atom. The number of benzene rings is 1. The summed E-state index contributed by atoms with van der Waals surface area (Å²) in [5, 5.41) is 15.4. The molecule has 0 aliphatic carbocycles. The van der Waals surface area contributed by atoms with Crippen molar-refractivity contribution < 1.29 is 9.90 Å². The van der Waals surface area contributed by atoms with Gasteiger partial charge in [0.15, 0.2) is 0 Å². The van der Waals surface area contributed by atoms with Crippen LogP contribution in [0.25, 0.3) is 0 Å². The smallest absolute Gasteiger partial charge is 0.227 e. The standard InChI is InChI=1S/C17H26N2O2/c1-17(2,9-5-11-20)12-19-16(21)14-8-10-18-15-7-4-3-6-13(14)15/h3-4,6-7,14,18,20H,5,8-12H2,1-2H3,(H,19,21). The minimum atomic E-state index is -0.0592. The molecule has 3 N–H and O–H groups in total. The minimum Gasteiger partial charge on any atom is -0.396 e. The van der Waals surface area contributed by atoms with E-state index >= 15 is 0 Å². The number of para-hydroxylation sites is 1. The number of carbonyl (C=O) groups is 1. The van der Waals surface area contributed by atoms with Crippen molar-refractivity contribution in [2.75, 3.05) is 25.0 Å². The van der Waals surface area contributed by atoms with E-state index in [1.165, 1.54) is 0 Å². The van der Waals surface area contributed by atoms with Crippen LogP contribution >= 0.6 is 0 Å². The van der Waals surface area contributed by atoms with Gasteiger partial charge in [0.05, 0.1) is 5.92 Å². The van der Waals surface area contributed by atoms with E-state index in [2.05, 4.69) is 24.5 Å². The van der Waals surface area contributed by atoms with Gasteiger partial charge in [-0.2, -0.15) is 0 Å². The maximum absolute atomic E-state index is 12.5. The summed E-state index contributed by atoms with van der Waals surface area (Å²) in [6.07, 6.45) is 2.52. The molecule has 0 fully saturated rings. The van der Waals surface area contributed by atoms with Crippen molar-refractivity contribution in [3.63, 3.8) is 0 Å². The van der Waals surface area contributed by atoms with Crippen LogP contribution in [-0.2, 0) is 4.79 Å². The molecular weight excluding hydrogens is 264 g/mol. The van der Waals surface area contributed by atoms with Gasteiger partial charge in [0.25, 0.3) is 0 Å². The van der Waals surface area contributed by atoms with E-state index in [0.717, 1.165) is 37.1 Å². The lowest BCUT2D eigenvalue weighted by Gasteiger charge is -2.29. The molecule has 1 atom stereocenters. The van der Waals surface area contributed by atoms with Crippen LogP contribution in [0.3, 0.4) is 0 Å². The first-order chi connectivity index (χ1) is 10.0. The van der Waals surface area contributed by atoms with Crippen molar-refractivity contribution in [3.05, 3.63) is 29.8 Å². The Bertz CT molecular complexity index is 485. The Morgan fingerprint density at radius 2 is 2.19 bits per heavy atom. The number of aliphatic hydroxyl groups excluding tert-OH is 1. The molecule has 0 aromatic heterocycles. The van der Waals surface area contributed by atoms with Gasteiger partial charge in [0.2, 0.25) is 5.91 Å². The number of carbonyl (C=O) groups excluding carboxylic acids is 1. The molecule has 0 saturated heterocycles. The summed E-state index contributed by atoms with van der Waals surface area (Å²) in [7, 11) is 0. The zero-order chi connectivity index (χ0) is 15.3. The Hall–Kier alpha value is -1.55. The first-order valence-electron chi connectivity index (χ1n) is 7.75. The Labute approximate surface area is 126 Å². The largest absolute Gasteiger partial charge is 0.396 e. The Balaban J connectivity index is 1.96. The van der Waals surface area contributed by atoms with Crippen LogP contribution in [0.5, 0.6) is 0 Å². The monoisotopic (exact) mass is 290 g/mol. The van der Waals surface area contributed by atoms with Crippen LogP contribution in [0.2, 0.25) is 0 Å². The predicted octanol–water partition coefficient (Wildman–Crippen LogP) is 2.50. The van der Waals surface area contributed by atoms with Crippen molar-refractivity contribution in [2.24, 2.45) is 5.41 Å². The molecule has 4 nitrogen and oxygen atoms in total. The first kappa shape index (κ1) is 15.8. The van der Waals surface area contributed by atoms with Crippen molar-refractivity contribution in [2.45, 2.75) is 39.0 Å². The maximum Gasteiger partial charge on any atom is 0.227 e. The zero-order valence-corrected chi connectivity index (χ0v) is 13.0. The fourth-order valence-corrected chi connectivity index (χ4v) is 2.84. The van der Waals surface area contributed by atoms with E-state index in [4.69, 9.17) is 5.11 Å². The van der Waals surface area contributed by atoms with Crippen molar-refractivity contribution in [3.8, 4) is 0 Å². The van der Waals surface area contributed by atoms with Crippen LogP contribution in [0.15, 0.2) is 24.3 Å². The van der Waals surface area contributed by atoms with Gasteiger partial charge >= 0.3 is 0 Å². The molecule has 0 spiro atoms. The summed E-state index contributed by atoms with van der Waals surface area (Å²) >= 11 is 0. The van der Waals surface area contributed by atoms with E-state index < -0.39 is 0 Å². The number of fused-ring (bicyclic) bond motifs is 1. The molecule has 4 heteroatoms. The van der Waals surface area contributed by atoms with Crippen LogP contribution in [0.4, 0.5) is 5.69 Å². The van der Waals surface area contributed by atoms with E-state index in [-0.39, 0.29) is 23.8 Å². The molecule has 1 unspecified atom stereocenters. The summed E-state index contributed by atoms with van der Waals surface area (Å²) < 4.78 is 0. The Kier molecular flexibility index (Phi) is 5.23. The van der Waals surface area contributed by atoms with Gasteiger partial charge in [0.1, 0.15) is 0 Å². The van der Waals surface area contributed by atoms with E-state index in [1.807, 2.05) is 24.3 Å². The number of hydrogen-bond acceptors (Lipinski definition) is 3. The van der Waals surface area contributed by atoms with Gasteiger partial charge in [-0.25, -0.2) is 0 Å². The quantitative estimate of drug-likeness (QED) is 0.754. The SMILES string of the molecule is CC(C)(CCCO)CNC(=O)C1CCNc2ccccc21. The number of amides is 1. The second kappa shape index (κ2) is 6.94. The first-order valence-corrected chi connectivity index (χ1v) is 7.75. The van der Waals surface area contributed by atoms with Crippen LogP contribution in [0.1, 0.15) is 44.6 Å². The van der Waals surface area contributed by atoms with E-state index in [1.54, 1.807) is 0 Å². The summed E-state index contributed by atoms with van der Waals surface area (Å²) in [5.74, 6) is 0.0529. The van der Waals surface area contributed by atoms with Crippen molar-refractivity contribution >= 4 is 11.6 Å². The average molecular weight is 290 g/mol. The normalized spacial score (nSPS) is 17.8. The molecular formula is C17H26N2O2. The van der Waals surface area contributed by atoms with Gasteiger partial charge in [-0.1, -0.05) is 32.0 Å². The van der Waals surface area contributed by atoms with Gasteiger partial charge in [-0.05, 0) is 36.3 Å².